The predicted octanol–water partition coefficient (Wildman–Crippen LogP) is 4.75. The molecule has 2 aromatic carbocycles. The largest absolute Gasteiger partial charge is 0.497 e. The first-order chi connectivity index (χ1) is 11.5. The van der Waals surface area contributed by atoms with E-state index in [1.165, 1.54) is 0 Å². The summed E-state index contributed by atoms with van der Waals surface area (Å²) in [5.74, 6) is 1.24. The first-order valence-corrected chi connectivity index (χ1v) is 8.26. The third kappa shape index (κ3) is 3.60. The zero-order chi connectivity index (χ0) is 17.3. The number of nitrogens with one attached hydrogen (secondary N) is 1. The molecular formula is C18H17Cl2NO3. The number of amides is 1. The van der Waals surface area contributed by atoms with E-state index in [9.17, 15) is 4.79 Å². The van der Waals surface area contributed by atoms with Crippen LogP contribution in [-0.2, 0) is 4.79 Å². The molecule has 1 aliphatic carbocycles. The molecule has 0 unspecified atom stereocenters. The summed E-state index contributed by atoms with van der Waals surface area (Å²) in [6.07, 6.45) is 0.779. The molecule has 0 aliphatic heterocycles. The summed E-state index contributed by atoms with van der Waals surface area (Å²) in [5, 5.41) is 4.09. The van der Waals surface area contributed by atoms with E-state index in [1.807, 2.05) is 12.1 Å². The lowest BCUT2D eigenvalue weighted by Crippen LogP contribution is -2.15. The van der Waals surface area contributed by atoms with Gasteiger partial charge in [-0.3, -0.25) is 4.79 Å². The van der Waals surface area contributed by atoms with Crippen LogP contribution in [0.5, 0.6) is 11.5 Å². The molecule has 6 heteroatoms. The van der Waals surface area contributed by atoms with Crippen molar-refractivity contribution in [1.29, 1.82) is 0 Å². The molecule has 2 aromatic rings. The number of rotatable bonds is 5. The molecular weight excluding hydrogens is 349 g/mol. The van der Waals surface area contributed by atoms with Crippen LogP contribution in [0.2, 0.25) is 10.0 Å². The molecule has 1 saturated carbocycles. The maximum atomic E-state index is 12.5. The highest BCUT2D eigenvalue weighted by atomic mass is 35.5. The molecule has 1 amide bonds. The van der Waals surface area contributed by atoms with Crippen molar-refractivity contribution >= 4 is 34.8 Å². The summed E-state index contributed by atoms with van der Waals surface area (Å²) in [6.45, 7) is 0. The average Bonchev–Trinajstić information content (AvgIpc) is 3.35. The van der Waals surface area contributed by atoms with Gasteiger partial charge in [-0.05, 0) is 48.2 Å². The lowest BCUT2D eigenvalue weighted by molar-refractivity contribution is -0.117. The van der Waals surface area contributed by atoms with Crippen molar-refractivity contribution in [2.24, 2.45) is 5.92 Å². The molecule has 2 atom stereocenters. The maximum Gasteiger partial charge on any atom is 0.228 e. The Morgan fingerprint density at radius 2 is 1.79 bits per heavy atom. The van der Waals surface area contributed by atoms with Gasteiger partial charge in [-0.1, -0.05) is 23.2 Å². The minimum Gasteiger partial charge on any atom is -0.497 e. The summed E-state index contributed by atoms with van der Waals surface area (Å²) in [4.78, 5) is 12.5. The van der Waals surface area contributed by atoms with Crippen molar-refractivity contribution < 1.29 is 14.3 Å². The Hall–Kier alpha value is -1.91. The van der Waals surface area contributed by atoms with Gasteiger partial charge in [0.1, 0.15) is 11.5 Å². The van der Waals surface area contributed by atoms with Gasteiger partial charge in [-0.25, -0.2) is 0 Å². The number of hydrogen-bond acceptors (Lipinski definition) is 3. The molecule has 24 heavy (non-hydrogen) atoms. The number of carbonyl (C=O) groups is 1. The Morgan fingerprint density at radius 1 is 1.08 bits per heavy atom. The molecule has 1 fully saturated rings. The molecule has 0 saturated heterocycles. The molecule has 0 aromatic heterocycles. The van der Waals surface area contributed by atoms with Crippen LogP contribution in [0.15, 0.2) is 36.4 Å². The summed E-state index contributed by atoms with van der Waals surface area (Å²) < 4.78 is 10.5. The van der Waals surface area contributed by atoms with Crippen molar-refractivity contribution in [3.63, 3.8) is 0 Å². The van der Waals surface area contributed by atoms with Gasteiger partial charge in [0.2, 0.25) is 5.91 Å². The minimum absolute atomic E-state index is 0.0421. The first-order valence-electron chi connectivity index (χ1n) is 7.50. The molecule has 3 rings (SSSR count). The molecule has 1 aliphatic rings. The second-order valence-electron chi connectivity index (χ2n) is 5.71. The maximum absolute atomic E-state index is 12.5. The monoisotopic (exact) mass is 365 g/mol. The average molecular weight is 366 g/mol. The van der Waals surface area contributed by atoms with Crippen molar-refractivity contribution in [3.8, 4) is 11.5 Å². The van der Waals surface area contributed by atoms with Gasteiger partial charge < -0.3 is 14.8 Å². The van der Waals surface area contributed by atoms with E-state index >= 15 is 0 Å². The van der Waals surface area contributed by atoms with E-state index < -0.39 is 0 Å². The van der Waals surface area contributed by atoms with Gasteiger partial charge in [-0.15, -0.1) is 0 Å². The van der Waals surface area contributed by atoms with Crippen molar-refractivity contribution in [3.05, 3.63) is 52.0 Å². The molecule has 1 N–H and O–H groups in total. The molecule has 4 nitrogen and oxygen atoms in total. The fraction of sp³-hybridized carbons (Fsp3) is 0.278. The molecule has 126 valence electrons. The zero-order valence-electron chi connectivity index (χ0n) is 13.3. The van der Waals surface area contributed by atoms with E-state index in [-0.39, 0.29) is 17.7 Å². The summed E-state index contributed by atoms with van der Waals surface area (Å²) in [5.41, 5.74) is 1.62. The normalized spacial score (nSPS) is 18.8. The Morgan fingerprint density at radius 3 is 2.42 bits per heavy atom. The number of ether oxygens (including phenoxy) is 2. The van der Waals surface area contributed by atoms with Crippen LogP contribution in [0, 0.1) is 5.92 Å². The third-order valence-corrected chi connectivity index (χ3v) is 4.54. The molecule has 0 radical (unpaired) electrons. The van der Waals surface area contributed by atoms with E-state index in [2.05, 4.69) is 5.32 Å². The second-order valence-corrected chi connectivity index (χ2v) is 6.58. The summed E-state index contributed by atoms with van der Waals surface area (Å²) in [6, 6.07) is 10.7. The van der Waals surface area contributed by atoms with Gasteiger partial charge >= 0.3 is 0 Å². The van der Waals surface area contributed by atoms with Gasteiger partial charge in [0.25, 0.3) is 0 Å². The number of anilines is 1. The van der Waals surface area contributed by atoms with E-state index in [0.717, 1.165) is 12.0 Å². The molecule has 0 bridgehead atoms. The van der Waals surface area contributed by atoms with Crippen molar-refractivity contribution in [2.75, 3.05) is 19.5 Å². The topological polar surface area (TPSA) is 47.6 Å². The summed E-state index contributed by atoms with van der Waals surface area (Å²) >= 11 is 12.1. The molecule has 0 heterocycles. The van der Waals surface area contributed by atoms with Gasteiger partial charge in [0, 0.05) is 22.0 Å². The SMILES string of the molecule is COc1ccc(NC(=O)[C@H]2C[C@H]2c2cc(Cl)cc(Cl)c2)c(OC)c1. The third-order valence-electron chi connectivity index (χ3n) is 4.11. The van der Waals surface area contributed by atoms with E-state index in [1.54, 1.807) is 38.5 Å². The molecule has 0 spiro atoms. The van der Waals surface area contributed by atoms with E-state index in [0.29, 0.717) is 27.2 Å². The van der Waals surface area contributed by atoms with Gasteiger partial charge in [0.05, 0.1) is 19.9 Å². The minimum atomic E-state index is -0.0914. The number of halogens is 2. The quantitative estimate of drug-likeness (QED) is 0.831. The van der Waals surface area contributed by atoms with Crippen LogP contribution in [0.3, 0.4) is 0 Å². The number of benzene rings is 2. The van der Waals surface area contributed by atoms with Gasteiger partial charge in [-0.2, -0.15) is 0 Å². The smallest absolute Gasteiger partial charge is 0.228 e. The summed E-state index contributed by atoms with van der Waals surface area (Å²) in [7, 11) is 3.14. The standard InChI is InChI=1S/C18H17Cl2NO3/c1-23-13-3-4-16(17(8-13)24-2)21-18(22)15-9-14(15)10-5-11(19)7-12(20)6-10/h3-8,14-15H,9H2,1-2H3,(H,21,22)/t14-,15-/m0/s1. The van der Waals surface area contributed by atoms with Crippen LogP contribution < -0.4 is 14.8 Å². The lowest BCUT2D eigenvalue weighted by atomic mass is 10.1. The predicted molar refractivity (Wildman–Crippen MR) is 95.5 cm³/mol. The number of methoxy groups -OCH3 is 2. The Balaban J connectivity index is 1.71. The number of hydrogen-bond donors (Lipinski definition) is 1. The van der Waals surface area contributed by atoms with Crippen LogP contribution in [0.25, 0.3) is 0 Å². The Labute approximate surface area is 150 Å². The van der Waals surface area contributed by atoms with Gasteiger partial charge in [0.15, 0.2) is 0 Å². The number of carbonyl (C=O) groups excluding carboxylic acids is 1. The van der Waals surface area contributed by atoms with Crippen LogP contribution >= 0.6 is 23.2 Å². The zero-order valence-corrected chi connectivity index (χ0v) is 14.8. The highest BCUT2D eigenvalue weighted by Gasteiger charge is 2.44. The fourth-order valence-electron chi connectivity index (χ4n) is 2.77. The highest BCUT2D eigenvalue weighted by Crippen LogP contribution is 2.49. The van der Waals surface area contributed by atoms with Crippen molar-refractivity contribution in [2.45, 2.75) is 12.3 Å². The first kappa shape index (κ1) is 16.9. The highest BCUT2D eigenvalue weighted by molar-refractivity contribution is 6.34. The van der Waals surface area contributed by atoms with Crippen molar-refractivity contribution in [1.82, 2.24) is 0 Å². The van der Waals surface area contributed by atoms with Crippen LogP contribution in [-0.4, -0.2) is 20.1 Å². The lowest BCUT2D eigenvalue weighted by Gasteiger charge is -2.11. The van der Waals surface area contributed by atoms with Crippen LogP contribution in [0.1, 0.15) is 17.9 Å². The fourth-order valence-corrected chi connectivity index (χ4v) is 3.31. The Kier molecular flexibility index (Phi) is 4.88. The second kappa shape index (κ2) is 6.91. The Bertz CT molecular complexity index is 759. The van der Waals surface area contributed by atoms with Crippen LogP contribution in [0.4, 0.5) is 5.69 Å². The van der Waals surface area contributed by atoms with E-state index in [4.69, 9.17) is 32.7 Å².